The Morgan fingerprint density at radius 3 is 2.75 bits per heavy atom. The van der Waals surface area contributed by atoms with Gasteiger partial charge in [0.1, 0.15) is 5.75 Å². The van der Waals surface area contributed by atoms with Crippen LogP contribution in [-0.2, 0) is 9.53 Å². The fourth-order valence-corrected chi connectivity index (χ4v) is 1.05. The molecule has 0 saturated heterocycles. The Morgan fingerprint density at radius 2 is 2.25 bits per heavy atom. The van der Waals surface area contributed by atoms with E-state index in [1.54, 1.807) is 33.1 Å². The van der Waals surface area contributed by atoms with Crippen molar-refractivity contribution in [1.29, 1.82) is 0 Å². The normalized spacial score (nSPS) is 11.7. The van der Waals surface area contributed by atoms with E-state index < -0.39 is 12.1 Å². The maximum absolute atomic E-state index is 11.3. The van der Waals surface area contributed by atoms with E-state index in [1.807, 2.05) is 0 Å². The van der Waals surface area contributed by atoms with Crippen molar-refractivity contribution in [2.45, 2.75) is 20.0 Å². The van der Waals surface area contributed by atoms with Crippen LogP contribution < -0.4 is 9.47 Å². The highest BCUT2D eigenvalue weighted by molar-refractivity contribution is 5.74. The summed E-state index contributed by atoms with van der Waals surface area (Å²) in [4.78, 5) is 15.2. The predicted octanol–water partition coefficient (Wildman–Crippen LogP) is 1.42. The molecule has 5 heteroatoms. The Kier molecular flexibility index (Phi) is 4.57. The van der Waals surface area contributed by atoms with Crippen LogP contribution in [0.15, 0.2) is 18.3 Å². The van der Waals surface area contributed by atoms with Gasteiger partial charge in [-0.05, 0) is 19.9 Å². The second-order valence-electron chi connectivity index (χ2n) is 3.05. The molecule has 1 aromatic rings. The van der Waals surface area contributed by atoms with E-state index in [-0.39, 0.29) is 0 Å². The molecule has 1 heterocycles. The minimum atomic E-state index is -0.666. The molecule has 16 heavy (non-hydrogen) atoms. The zero-order chi connectivity index (χ0) is 12.0. The number of esters is 1. The van der Waals surface area contributed by atoms with E-state index in [2.05, 4.69) is 4.98 Å². The highest BCUT2D eigenvalue weighted by Gasteiger charge is 2.15. The van der Waals surface area contributed by atoms with Gasteiger partial charge in [-0.15, -0.1) is 0 Å². The number of methoxy groups -OCH3 is 1. The largest absolute Gasteiger partial charge is 0.495 e. The van der Waals surface area contributed by atoms with Crippen LogP contribution in [0.4, 0.5) is 0 Å². The van der Waals surface area contributed by atoms with Crippen LogP contribution in [0.5, 0.6) is 11.6 Å². The Labute approximate surface area is 94.3 Å². The summed E-state index contributed by atoms with van der Waals surface area (Å²) in [7, 11) is 1.55. The molecule has 0 spiro atoms. The molecule has 0 fully saturated rings. The van der Waals surface area contributed by atoms with Crippen LogP contribution in [0.1, 0.15) is 13.8 Å². The van der Waals surface area contributed by atoms with Gasteiger partial charge in [-0.1, -0.05) is 0 Å². The second-order valence-corrected chi connectivity index (χ2v) is 3.05. The Bertz CT molecular complexity index is 336. The van der Waals surface area contributed by atoms with Gasteiger partial charge in [-0.3, -0.25) is 0 Å². The maximum Gasteiger partial charge on any atom is 0.347 e. The Balaban J connectivity index is 2.55. The van der Waals surface area contributed by atoms with Gasteiger partial charge in [0.15, 0.2) is 6.10 Å². The number of carbonyl (C=O) groups excluding carboxylic acids is 1. The van der Waals surface area contributed by atoms with Gasteiger partial charge in [0.25, 0.3) is 0 Å². The highest BCUT2D eigenvalue weighted by atomic mass is 16.6. The molecule has 1 atom stereocenters. The van der Waals surface area contributed by atoms with Gasteiger partial charge in [0.05, 0.1) is 19.9 Å². The second kappa shape index (κ2) is 5.95. The van der Waals surface area contributed by atoms with Crippen molar-refractivity contribution in [2.75, 3.05) is 13.7 Å². The van der Waals surface area contributed by atoms with Crippen molar-refractivity contribution >= 4 is 5.97 Å². The summed E-state index contributed by atoms with van der Waals surface area (Å²) in [5, 5.41) is 0. The van der Waals surface area contributed by atoms with Crippen LogP contribution in [0, 0.1) is 0 Å². The summed E-state index contributed by atoms with van der Waals surface area (Å²) in [5.41, 5.74) is 0. The number of aromatic nitrogens is 1. The topological polar surface area (TPSA) is 57.7 Å². The van der Waals surface area contributed by atoms with E-state index in [1.165, 1.54) is 6.20 Å². The number of hydrogen-bond donors (Lipinski definition) is 0. The van der Waals surface area contributed by atoms with Gasteiger partial charge in [-0.25, -0.2) is 9.78 Å². The number of nitrogens with zero attached hydrogens (tertiary/aromatic N) is 1. The van der Waals surface area contributed by atoms with Crippen molar-refractivity contribution in [3.05, 3.63) is 18.3 Å². The average molecular weight is 225 g/mol. The molecule has 0 N–H and O–H groups in total. The molecule has 88 valence electrons. The standard InChI is InChI=1S/C11H15NO4/c1-4-15-11(13)8(2)16-10-6-5-9(14-3)7-12-10/h5-8H,4H2,1-3H3. The van der Waals surface area contributed by atoms with E-state index >= 15 is 0 Å². The molecule has 0 saturated carbocycles. The van der Waals surface area contributed by atoms with Crippen LogP contribution in [-0.4, -0.2) is 30.8 Å². The van der Waals surface area contributed by atoms with E-state index in [4.69, 9.17) is 14.2 Å². The first-order chi connectivity index (χ1) is 7.67. The lowest BCUT2D eigenvalue weighted by Crippen LogP contribution is -2.26. The number of rotatable bonds is 5. The molecule has 1 unspecified atom stereocenters. The minimum absolute atomic E-state index is 0.336. The number of hydrogen-bond acceptors (Lipinski definition) is 5. The number of pyridine rings is 1. The molecule has 1 aromatic heterocycles. The van der Waals surface area contributed by atoms with Gasteiger partial charge in [0, 0.05) is 6.07 Å². The molecular formula is C11H15NO4. The van der Waals surface area contributed by atoms with Crippen LogP contribution >= 0.6 is 0 Å². The third kappa shape index (κ3) is 3.42. The molecule has 0 aliphatic rings. The Hall–Kier alpha value is -1.78. The number of ether oxygens (including phenoxy) is 3. The van der Waals surface area contributed by atoms with Crippen molar-refractivity contribution in [1.82, 2.24) is 4.98 Å². The molecule has 5 nitrogen and oxygen atoms in total. The summed E-state index contributed by atoms with van der Waals surface area (Å²) in [5.74, 6) is 0.595. The SMILES string of the molecule is CCOC(=O)C(C)Oc1ccc(OC)cn1. The first-order valence-electron chi connectivity index (χ1n) is 5.00. The Morgan fingerprint density at radius 1 is 1.50 bits per heavy atom. The minimum Gasteiger partial charge on any atom is -0.495 e. The smallest absolute Gasteiger partial charge is 0.347 e. The molecule has 0 aliphatic carbocycles. The lowest BCUT2D eigenvalue weighted by molar-refractivity contribution is -0.150. The lowest BCUT2D eigenvalue weighted by Gasteiger charge is -2.12. The molecule has 0 bridgehead atoms. The third-order valence-corrected chi connectivity index (χ3v) is 1.86. The summed E-state index contributed by atoms with van der Waals surface area (Å²) >= 11 is 0. The summed E-state index contributed by atoms with van der Waals surface area (Å²) in [6.07, 6.45) is 0.855. The molecule has 0 amide bonds. The van der Waals surface area contributed by atoms with Crippen LogP contribution in [0.2, 0.25) is 0 Å². The van der Waals surface area contributed by atoms with Gasteiger partial charge in [-0.2, -0.15) is 0 Å². The predicted molar refractivity (Wildman–Crippen MR) is 57.5 cm³/mol. The van der Waals surface area contributed by atoms with Crippen LogP contribution in [0.25, 0.3) is 0 Å². The van der Waals surface area contributed by atoms with Crippen molar-refractivity contribution < 1.29 is 19.0 Å². The van der Waals surface area contributed by atoms with Gasteiger partial charge < -0.3 is 14.2 Å². The lowest BCUT2D eigenvalue weighted by atomic mass is 10.4. The van der Waals surface area contributed by atoms with Gasteiger partial charge >= 0.3 is 5.97 Å². The summed E-state index contributed by atoms with van der Waals surface area (Å²) in [6, 6.07) is 3.34. The maximum atomic E-state index is 11.3. The molecule has 1 rings (SSSR count). The zero-order valence-electron chi connectivity index (χ0n) is 9.60. The fraction of sp³-hybridized carbons (Fsp3) is 0.455. The van der Waals surface area contributed by atoms with E-state index in [9.17, 15) is 4.79 Å². The third-order valence-electron chi connectivity index (χ3n) is 1.86. The molecule has 0 aromatic carbocycles. The van der Waals surface area contributed by atoms with Crippen molar-refractivity contribution in [2.24, 2.45) is 0 Å². The molecular weight excluding hydrogens is 210 g/mol. The van der Waals surface area contributed by atoms with Gasteiger partial charge in [0.2, 0.25) is 5.88 Å². The summed E-state index contributed by atoms with van der Waals surface area (Å²) in [6.45, 7) is 3.70. The first-order valence-corrected chi connectivity index (χ1v) is 5.00. The first kappa shape index (κ1) is 12.3. The average Bonchev–Trinajstić information content (AvgIpc) is 2.30. The monoisotopic (exact) mass is 225 g/mol. The van der Waals surface area contributed by atoms with E-state index in [0.717, 1.165) is 0 Å². The van der Waals surface area contributed by atoms with Crippen LogP contribution in [0.3, 0.4) is 0 Å². The molecule has 0 aliphatic heterocycles. The number of carbonyl (C=O) groups is 1. The summed E-state index contributed by atoms with van der Waals surface area (Å²) < 4.78 is 15.0. The highest BCUT2D eigenvalue weighted by Crippen LogP contribution is 2.14. The fourth-order valence-electron chi connectivity index (χ4n) is 1.05. The zero-order valence-corrected chi connectivity index (χ0v) is 9.60. The van der Waals surface area contributed by atoms with Crippen molar-refractivity contribution in [3.63, 3.8) is 0 Å². The molecule has 0 radical (unpaired) electrons. The quantitative estimate of drug-likeness (QED) is 0.709. The van der Waals surface area contributed by atoms with Crippen molar-refractivity contribution in [3.8, 4) is 11.6 Å². The van der Waals surface area contributed by atoms with E-state index in [0.29, 0.717) is 18.2 Å².